The second-order valence-corrected chi connectivity index (χ2v) is 2.96. The lowest BCUT2D eigenvalue weighted by atomic mass is 10.1. The Balaban J connectivity index is 2.60. The van der Waals surface area contributed by atoms with Gasteiger partial charge in [0.2, 0.25) is 0 Å². The van der Waals surface area contributed by atoms with Crippen LogP contribution in [0.4, 0.5) is 0 Å². The third-order valence-electron chi connectivity index (χ3n) is 1.92. The van der Waals surface area contributed by atoms with E-state index in [1.165, 1.54) is 0 Å². The first-order chi connectivity index (χ1) is 6.24. The summed E-state index contributed by atoms with van der Waals surface area (Å²) in [5.41, 5.74) is 1.55. The molecule has 0 aliphatic carbocycles. The van der Waals surface area contributed by atoms with Gasteiger partial charge in [0.05, 0.1) is 5.71 Å². The molecule has 0 heterocycles. The SMILES string of the molecule is C/C(CCc1ccccc1O)=N\O. The zero-order valence-corrected chi connectivity index (χ0v) is 7.57. The Hall–Kier alpha value is -1.51. The molecule has 0 atom stereocenters. The van der Waals surface area contributed by atoms with Crippen molar-refractivity contribution in [3.05, 3.63) is 29.8 Å². The summed E-state index contributed by atoms with van der Waals surface area (Å²) in [7, 11) is 0. The van der Waals surface area contributed by atoms with E-state index in [9.17, 15) is 5.11 Å². The van der Waals surface area contributed by atoms with Crippen LogP contribution < -0.4 is 0 Å². The summed E-state index contributed by atoms with van der Waals surface area (Å²) in [4.78, 5) is 0. The van der Waals surface area contributed by atoms with Crippen LogP contribution in [0.25, 0.3) is 0 Å². The third-order valence-corrected chi connectivity index (χ3v) is 1.92. The van der Waals surface area contributed by atoms with Gasteiger partial charge in [-0.1, -0.05) is 23.4 Å². The van der Waals surface area contributed by atoms with Crippen molar-refractivity contribution in [3.63, 3.8) is 0 Å². The fraction of sp³-hybridized carbons (Fsp3) is 0.300. The molecule has 0 fully saturated rings. The number of phenols is 1. The molecule has 70 valence electrons. The van der Waals surface area contributed by atoms with Gasteiger partial charge < -0.3 is 10.3 Å². The summed E-state index contributed by atoms with van der Waals surface area (Å²) < 4.78 is 0. The molecule has 0 spiro atoms. The van der Waals surface area contributed by atoms with Crippen LogP contribution in [0.3, 0.4) is 0 Å². The Morgan fingerprint density at radius 3 is 2.69 bits per heavy atom. The van der Waals surface area contributed by atoms with Crippen LogP contribution in [0, 0.1) is 0 Å². The van der Waals surface area contributed by atoms with Crippen LogP contribution >= 0.6 is 0 Å². The highest BCUT2D eigenvalue weighted by molar-refractivity contribution is 5.81. The van der Waals surface area contributed by atoms with Crippen molar-refractivity contribution >= 4 is 5.71 Å². The molecule has 3 heteroatoms. The lowest BCUT2D eigenvalue weighted by Gasteiger charge is -2.02. The molecular formula is C10H13NO2. The first-order valence-electron chi connectivity index (χ1n) is 4.18. The van der Waals surface area contributed by atoms with Crippen molar-refractivity contribution < 1.29 is 10.3 Å². The van der Waals surface area contributed by atoms with Crippen molar-refractivity contribution in [1.82, 2.24) is 0 Å². The zero-order chi connectivity index (χ0) is 9.68. The molecule has 13 heavy (non-hydrogen) atoms. The maximum Gasteiger partial charge on any atom is 0.118 e. The van der Waals surface area contributed by atoms with Gasteiger partial charge in [0.1, 0.15) is 5.75 Å². The molecule has 0 amide bonds. The first kappa shape index (κ1) is 9.58. The van der Waals surface area contributed by atoms with Gasteiger partial charge in [0, 0.05) is 0 Å². The van der Waals surface area contributed by atoms with Gasteiger partial charge in [-0.3, -0.25) is 0 Å². The summed E-state index contributed by atoms with van der Waals surface area (Å²) in [6.45, 7) is 1.75. The zero-order valence-electron chi connectivity index (χ0n) is 7.57. The molecule has 1 aromatic carbocycles. The molecule has 0 saturated heterocycles. The number of nitrogens with zero attached hydrogens (tertiary/aromatic N) is 1. The van der Waals surface area contributed by atoms with Crippen molar-refractivity contribution in [3.8, 4) is 5.75 Å². The number of phenolic OH excluding ortho intramolecular Hbond substituents is 1. The Morgan fingerprint density at radius 1 is 1.38 bits per heavy atom. The smallest absolute Gasteiger partial charge is 0.118 e. The standard InChI is InChI=1S/C10H13NO2/c1-8(11-13)6-7-9-4-2-3-5-10(9)12/h2-5,12-13H,6-7H2,1H3/b11-8+. The molecule has 3 nitrogen and oxygen atoms in total. The van der Waals surface area contributed by atoms with Gasteiger partial charge in [0.25, 0.3) is 0 Å². The largest absolute Gasteiger partial charge is 0.508 e. The first-order valence-corrected chi connectivity index (χ1v) is 4.18. The maximum atomic E-state index is 9.39. The summed E-state index contributed by atoms with van der Waals surface area (Å²) in [5, 5.41) is 20.9. The average Bonchev–Trinajstić information content (AvgIpc) is 2.16. The summed E-state index contributed by atoms with van der Waals surface area (Å²) in [6.07, 6.45) is 1.36. The third kappa shape index (κ3) is 2.78. The van der Waals surface area contributed by atoms with E-state index < -0.39 is 0 Å². The number of benzene rings is 1. The Kier molecular flexibility index (Phi) is 3.31. The van der Waals surface area contributed by atoms with Gasteiger partial charge in [-0.25, -0.2) is 0 Å². The van der Waals surface area contributed by atoms with Crippen LogP contribution in [-0.4, -0.2) is 16.0 Å². The highest BCUT2D eigenvalue weighted by atomic mass is 16.4. The second kappa shape index (κ2) is 4.50. The minimum atomic E-state index is 0.299. The number of hydrogen-bond acceptors (Lipinski definition) is 3. The number of oxime groups is 1. The molecule has 1 aromatic rings. The van der Waals surface area contributed by atoms with E-state index in [-0.39, 0.29) is 0 Å². The molecule has 0 saturated carbocycles. The van der Waals surface area contributed by atoms with Crippen LogP contribution in [0.2, 0.25) is 0 Å². The number of rotatable bonds is 3. The van der Waals surface area contributed by atoms with Crippen molar-refractivity contribution in [2.24, 2.45) is 5.16 Å². The molecular weight excluding hydrogens is 166 g/mol. The minimum absolute atomic E-state index is 0.299. The topological polar surface area (TPSA) is 52.8 Å². The van der Waals surface area contributed by atoms with E-state index >= 15 is 0 Å². The van der Waals surface area contributed by atoms with Crippen molar-refractivity contribution in [2.75, 3.05) is 0 Å². The fourth-order valence-corrected chi connectivity index (χ4v) is 1.09. The number of aromatic hydroxyl groups is 1. The van der Waals surface area contributed by atoms with E-state index in [1.807, 2.05) is 12.1 Å². The number of hydrogen-bond donors (Lipinski definition) is 2. The lowest BCUT2D eigenvalue weighted by molar-refractivity contribution is 0.317. The van der Waals surface area contributed by atoms with Gasteiger partial charge >= 0.3 is 0 Å². The molecule has 0 bridgehead atoms. The Morgan fingerprint density at radius 2 is 2.08 bits per heavy atom. The summed E-state index contributed by atoms with van der Waals surface area (Å²) in [5.74, 6) is 0.299. The molecule has 0 aliphatic rings. The van der Waals surface area contributed by atoms with Gasteiger partial charge in [-0.2, -0.15) is 0 Å². The monoisotopic (exact) mass is 179 g/mol. The maximum absolute atomic E-state index is 9.39. The van der Waals surface area contributed by atoms with Crippen molar-refractivity contribution in [1.29, 1.82) is 0 Å². The fourth-order valence-electron chi connectivity index (χ4n) is 1.09. The van der Waals surface area contributed by atoms with Crippen LogP contribution in [-0.2, 0) is 6.42 Å². The minimum Gasteiger partial charge on any atom is -0.508 e. The van der Waals surface area contributed by atoms with Gasteiger partial charge in [-0.15, -0.1) is 0 Å². The second-order valence-electron chi connectivity index (χ2n) is 2.96. The summed E-state index contributed by atoms with van der Waals surface area (Å²) >= 11 is 0. The predicted octanol–water partition coefficient (Wildman–Crippen LogP) is 2.17. The van der Waals surface area contributed by atoms with Crippen molar-refractivity contribution in [2.45, 2.75) is 19.8 Å². The van der Waals surface area contributed by atoms with E-state index in [1.54, 1.807) is 19.1 Å². The van der Waals surface area contributed by atoms with Crippen LogP contribution in [0.1, 0.15) is 18.9 Å². The van der Waals surface area contributed by atoms with E-state index in [0.717, 1.165) is 5.56 Å². The van der Waals surface area contributed by atoms with E-state index in [2.05, 4.69) is 5.16 Å². The Labute approximate surface area is 77.3 Å². The molecule has 2 N–H and O–H groups in total. The predicted molar refractivity (Wildman–Crippen MR) is 51.3 cm³/mol. The number of aryl methyl sites for hydroxylation is 1. The highest BCUT2D eigenvalue weighted by Gasteiger charge is 2.00. The van der Waals surface area contributed by atoms with Crippen LogP contribution in [0.15, 0.2) is 29.4 Å². The normalized spacial score (nSPS) is 11.6. The number of para-hydroxylation sites is 1. The van der Waals surface area contributed by atoms with E-state index in [0.29, 0.717) is 24.3 Å². The van der Waals surface area contributed by atoms with Crippen LogP contribution in [0.5, 0.6) is 5.75 Å². The average molecular weight is 179 g/mol. The molecule has 1 rings (SSSR count). The quantitative estimate of drug-likeness (QED) is 0.424. The highest BCUT2D eigenvalue weighted by Crippen LogP contribution is 2.17. The lowest BCUT2D eigenvalue weighted by Crippen LogP contribution is -1.95. The molecule has 0 aliphatic heterocycles. The molecule has 0 unspecified atom stereocenters. The van der Waals surface area contributed by atoms with Gasteiger partial charge in [0.15, 0.2) is 0 Å². The Bertz CT molecular complexity index is 308. The molecule has 0 aromatic heterocycles. The summed E-state index contributed by atoms with van der Waals surface area (Å²) in [6, 6.07) is 7.17. The van der Waals surface area contributed by atoms with E-state index in [4.69, 9.17) is 5.21 Å². The van der Waals surface area contributed by atoms with Gasteiger partial charge in [-0.05, 0) is 31.4 Å². The molecule has 0 radical (unpaired) electrons.